The van der Waals surface area contributed by atoms with E-state index in [4.69, 9.17) is 0 Å². The maximum atomic E-state index is 4.57. The van der Waals surface area contributed by atoms with E-state index in [-0.39, 0.29) is 11.8 Å². The maximum absolute atomic E-state index is 4.57. The smallest absolute Gasteiger partial charge is 0.223 e. The molecule has 0 spiro atoms. The molecule has 4 rings (SSSR count). The summed E-state index contributed by atoms with van der Waals surface area (Å²) >= 11 is 0. The third kappa shape index (κ3) is 3.36. The molecule has 1 unspecified atom stereocenters. The summed E-state index contributed by atoms with van der Waals surface area (Å²) in [5.41, 5.74) is 4.77. The predicted octanol–water partition coefficient (Wildman–Crippen LogP) is 2.31. The summed E-state index contributed by atoms with van der Waals surface area (Å²) in [4.78, 5) is 9.03. The van der Waals surface area contributed by atoms with Crippen LogP contribution in [0.3, 0.4) is 0 Å². The van der Waals surface area contributed by atoms with Crippen LogP contribution < -0.4 is 0 Å². The Hall–Kier alpha value is -3.56. The highest BCUT2D eigenvalue weighted by molar-refractivity contribution is 5.64. The molecular weight excluding hydrogens is 356 g/mol. The van der Waals surface area contributed by atoms with Gasteiger partial charge in [0.2, 0.25) is 11.6 Å². The van der Waals surface area contributed by atoms with Gasteiger partial charge in [0.05, 0.1) is 5.69 Å². The van der Waals surface area contributed by atoms with E-state index in [0.29, 0.717) is 11.6 Å². The van der Waals surface area contributed by atoms with E-state index >= 15 is 0 Å². The van der Waals surface area contributed by atoms with Crippen LogP contribution in [0, 0.1) is 0 Å². The van der Waals surface area contributed by atoms with Crippen molar-refractivity contribution in [2.75, 3.05) is 0 Å². The van der Waals surface area contributed by atoms with Crippen molar-refractivity contribution < 1.29 is 0 Å². The van der Waals surface area contributed by atoms with Gasteiger partial charge in [-0.15, -0.1) is 20.4 Å². The van der Waals surface area contributed by atoms with Gasteiger partial charge in [0.1, 0.15) is 5.69 Å². The predicted molar refractivity (Wildman–Crippen MR) is 101 cm³/mol. The van der Waals surface area contributed by atoms with Crippen LogP contribution in [-0.4, -0.2) is 51.2 Å². The second-order valence-electron chi connectivity index (χ2n) is 6.90. The van der Waals surface area contributed by atoms with E-state index in [0.717, 1.165) is 34.5 Å². The lowest BCUT2D eigenvalue weighted by atomic mass is 9.88. The number of nitrogens with zero attached hydrogens (tertiary/aromatic N) is 8. The average molecular weight is 376 g/mol. The minimum atomic E-state index is 0.148. The molecule has 1 atom stereocenters. The first kappa shape index (κ1) is 17.8. The lowest BCUT2D eigenvalue weighted by Crippen LogP contribution is -2.07. The maximum Gasteiger partial charge on any atom is 0.223 e. The highest BCUT2D eigenvalue weighted by Crippen LogP contribution is 2.33. The zero-order valence-electron chi connectivity index (χ0n) is 15.8. The monoisotopic (exact) mass is 376 g/mol. The van der Waals surface area contributed by atoms with E-state index in [1.165, 1.54) is 0 Å². The molecule has 4 aromatic rings. The van der Waals surface area contributed by atoms with Crippen molar-refractivity contribution in [1.82, 2.24) is 51.2 Å². The Morgan fingerprint density at radius 2 is 1.64 bits per heavy atom. The van der Waals surface area contributed by atoms with Crippen LogP contribution in [0.1, 0.15) is 49.4 Å². The number of hydrogen-bond acceptors (Lipinski definition) is 8. The van der Waals surface area contributed by atoms with Gasteiger partial charge in [-0.3, -0.25) is 9.97 Å². The molecule has 0 saturated carbocycles. The number of pyridine rings is 2. The highest BCUT2D eigenvalue weighted by atomic mass is 15.5. The Morgan fingerprint density at radius 3 is 2.32 bits per heavy atom. The van der Waals surface area contributed by atoms with Gasteiger partial charge in [0.25, 0.3) is 0 Å². The second-order valence-corrected chi connectivity index (χ2v) is 6.90. The Bertz CT molecular complexity index is 1040. The number of nitrogens with one attached hydrogen (secondary N) is 2. The fourth-order valence-electron chi connectivity index (χ4n) is 3.36. The molecule has 0 saturated heterocycles. The van der Waals surface area contributed by atoms with Gasteiger partial charge in [0, 0.05) is 18.0 Å². The van der Waals surface area contributed by atoms with E-state index in [2.05, 4.69) is 72.0 Å². The molecule has 28 heavy (non-hydrogen) atoms. The summed E-state index contributed by atoms with van der Waals surface area (Å²) in [6.45, 7) is 6.36. The van der Waals surface area contributed by atoms with Crippen molar-refractivity contribution >= 4 is 0 Å². The van der Waals surface area contributed by atoms with Crippen molar-refractivity contribution in [3.05, 3.63) is 47.4 Å². The summed E-state index contributed by atoms with van der Waals surface area (Å²) in [6, 6.07) is 5.97. The topological polar surface area (TPSA) is 135 Å². The molecule has 142 valence electrons. The first-order valence-corrected chi connectivity index (χ1v) is 9.05. The lowest BCUT2D eigenvalue weighted by molar-refractivity contribution is 0.747. The fraction of sp³-hybridized carbons (Fsp3) is 0.333. The molecular formula is C18H20N10. The third-order valence-electron chi connectivity index (χ3n) is 4.64. The number of aromatic amines is 2. The number of H-pyrrole nitrogens is 2. The molecule has 4 aromatic heterocycles. The highest BCUT2D eigenvalue weighted by Gasteiger charge is 2.22. The summed E-state index contributed by atoms with van der Waals surface area (Å²) in [5.74, 6) is 1.43. The van der Waals surface area contributed by atoms with Crippen LogP contribution >= 0.6 is 0 Å². The Labute approximate surface area is 161 Å². The minimum Gasteiger partial charge on any atom is -0.260 e. The zero-order valence-corrected chi connectivity index (χ0v) is 15.8. The van der Waals surface area contributed by atoms with Gasteiger partial charge >= 0.3 is 0 Å². The Kier molecular flexibility index (Phi) is 4.83. The molecule has 10 heteroatoms. The summed E-state index contributed by atoms with van der Waals surface area (Å²) in [7, 11) is 0. The van der Waals surface area contributed by atoms with Crippen LogP contribution in [0.2, 0.25) is 0 Å². The molecule has 0 aromatic carbocycles. The number of hydrogen-bond donors (Lipinski definition) is 2. The van der Waals surface area contributed by atoms with Gasteiger partial charge in [-0.2, -0.15) is 10.4 Å². The van der Waals surface area contributed by atoms with Crippen molar-refractivity contribution in [2.24, 2.45) is 0 Å². The fourth-order valence-corrected chi connectivity index (χ4v) is 3.36. The van der Waals surface area contributed by atoms with E-state index in [1.807, 2.05) is 24.4 Å². The average Bonchev–Trinajstić information content (AvgIpc) is 3.42. The third-order valence-corrected chi connectivity index (χ3v) is 4.64. The largest absolute Gasteiger partial charge is 0.260 e. The van der Waals surface area contributed by atoms with Gasteiger partial charge in [0.15, 0.2) is 0 Å². The molecule has 4 heterocycles. The SMILES string of the molecule is CC(C)c1nccc(CC(C)c2cccnc2-c2nn[nH]n2)c1-c1nn[nH]n1. The van der Waals surface area contributed by atoms with Crippen molar-refractivity contribution in [1.29, 1.82) is 0 Å². The molecule has 0 aliphatic rings. The van der Waals surface area contributed by atoms with Gasteiger partial charge in [-0.1, -0.05) is 26.8 Å². The summed E-state index contributed by atoms with van der Waals surface area (Å²) in [6.07, 6.45) is 4.32. The van der Waals surface area contributed by atoms with Crippen LogP contribution in [0.4, 0.5) is 0 Å². The molecule has 0 fully saturated rings. The quantitative estimate of drug-likeness (QED) is 0.523. The first-order valence-electron chi connectivity index (χ1n) is 9.05. The molecule has 0 amide bonds. The van der Waals surface area contributed by atoms with Gasteiger partial charge < -0.3 is 0 Å². The van der Waals surface area contributed by atoms with Gasteiger partial charge in [-0.05, 0) is 51.9 Å². The van der Waals surface area contributed by atoms with Crippen molar-refractivity contribution in [2.45, 2.75) is 39.0 Å². The van der Waals surface area contributed by atoms with Crippen molar-refractivity contribution in [3.63, 3.8) is 0 Å². The molecule has 0 aliphatic heterocycles. The van der Waals surface area contributed by atoms with Crippen LogP contribution in [0.15, 0.2) is 30.6 Å². The van der Waals surface area contributed by atoms with E-state index in [9.17, 15) is 0 Å². The minimum absolute atomic E-state index is 0.148. The van der Waals surface area contributed by atoms with E-state index < -0.39 is 0 Å². The van der Waals surface area contributed by atoms with Crippen LogP contribution in [0.5, 0.6) is 0 Å². The summed E-state index contributed by atoms with van der Waals surface area (Å²) < 4.78 is 0. The second kappa shape index (κ2) is 7.59. The standard InChI is InChI=1S/C18H20N10/c1-10(2)15-14(17-21-25-26-22-17)12(6-8-20-15)9-11(3)13-5-4-7-19-16(13)18-23-27-28-24-18/h4-8,10-11H,9H2,1-3H3,(H,21,22,25,26)(H,23,24,27,28). The number of tetrazole rings is 2. The number of rotatable bonds is 6. The van der Waals surface area contributed by atoms with Gasteiger partial charge in [-0.25, -0.2) is 0 Å². The van der Waals surface area contributed by atoms with E-state index in [1.54, 1.807) is 6.20 Å². The van der Waals surface area contributed by atoms with Crippen molar-refractivity contribution in [3.8, 4) is 22.9 Å². The van der Waals surface area contributed by atoms with Crippen LogP contribution in [0.25, 0.3) is 22.9 Å². The Balaban J connectivity index is 1.74. The first-order chi connectivity index (χ1) is 13.6. The molecule has 0 bridgehead atoms. The summed E-state index contributed by atoms with van der Waals surface area (Å²) in [5, 5.41) is 29.0. The molecule has 10 nitrogen and oxygen atoms in total. The molecule has 2 N–H and O–H groups in total. The molecule has 0 radical (unpaired) electrons. The normalized spacial score (nSPS) is 12.4. The zero-order chi connectivity index (χ0) is 19.5. The number of aromatic nitrogens is 10. The lowest BCUT2D eigenvalue weighted by Gasteiger charge is -2.18. The van der Waals surface area contributed by atoms with Crippen LogP contribution in [-0.2, 0) is 6.42 Å². The Morgan fingerprint density at radius 1 is 0.893 bits per heavy atom. The molecule has 0 aliphatic carbocycles.